The third kappa shape index (κ3) is 2.08. The molecule has 0 saturated carbocycles. The summed E-state index contributed by atoms with van der Waals surface area (Å²) in [6.45, 7) is 2.61. The molecule has 26 heavy (non-hydrogen) atoms. The topological polar surface area (TPSA) is 21.7 Å². The van der Waals surface area contributed by atoms with Crippen LogP contribution in [0.1, 0.15) is 12.5 Å². The van der Waals surface area contributed by atoms with Gasteiger partial charge in [-0.1, -0.05) is 42.5 Å². The Morgan fingerprint density at radius 2 is 1.85 bits per heavy atom. The van der Waals surface area contributed by atoms with E-state index < -0.39 is 5.06 Å². The van der Waals surface area contributed by atoms with Gasteiger partial charge < -0.3 is 14.4 Å². The molecule has 0 amide bonds. The minimum Gasteiger partial charge on any atom is -0.491 e. The Hall–Kier alpha value is -2.59. The predicted molar refractivity (Wildman–Crippen MR) is 108 cm³/mol. The van der Waals surface area contributed by atoms with E-state index in [-0.39, 0.29) is 0 Å². The van der Waals surface area contributed by atoms with Gasteiger partial charge in [-0.15, -0.1) is 0 Å². The predicted octanol–water partition coefficient (Wildman–Crippen LogP) is 5.51. The fraction of sp³-hybridized carbons (Fsp3) is 0.182. The summed E-state index contributed by atoms with van der Waals surface area (Å²) >= 11 is 1.70. The normalized spacial score (nSPS) is 20.5. The minimum atomic E-state index is -0.699. The molecule has 1 atom stereocenters. The number of hydrogen-bond acceptors (Lipinski definition) is 4. The molecule has 5 rings (SSSR count). The molecule has 2 aliphatic rings. The van der Waals surface area contributed by atoms with Gasteiger partial charge in [-0.25, -0.2) is 0 Å². The van der Waals surface area contributed by atoms with Gasteiger partial charge in [-0.05, 0) is 53.7 Å². The number of thioether (sulfide) groups is 1. The molecule has 0 saturated heterocycles. The summed E-state index contributed by atoms with van der Waals surface area (Å²) in [5, 5.41) is 1.68. The molecule has 3 aromatic rings. The molecule has 4 heteroatoms. The van der Waals surface area contributed by atoms with Crippen molar-refractivity contribution < 1.29 is 9.47 Å². The van der Waals surface area contributed by atoms with Crippen molar-refractivity contribution >= 4 is 34.3 Å². The summed E-state index contributed by atoms with van der Waals surface area (Å²) in [6.07, 6.45) is 2.15. The van der Waals surface area contributed by atoms with Gasteiger partial charge >= 0.3 is 0 Å². The summed E-state index contributed by atoms with van der Waals surface area (Å²) in [7, 11) is 2.07. The number of ether oxygens (including phenoxy) is 2. The van der Waals surface area contributed by atoms with E-state index in [1.54, 1.807) is 11.8 Å². The van der Waals surface area contributed by atoms with Crippen molar-refractivity contribution in [2.75, 3.05) is 18.6 Å². The van der Waals surface area contributed by atoms with E-state index in [9.17, 15) is 0 Å². The van der Waals surface area contributed by atoms with Crippen LogP contribution in [-0.2, 0) is 4.74 Å². The second kappa shape index (κ2) is 5.71. The van der Waals surface area contributed by atoms with Crippen molar-refractivity contribution in [1.29, 1.82) is 0 Å². The summed E-state index contributed by atoms with van der Waals surface area (Å²) in [5.74, 6) is 1.73. The molecule has 130 valence electrons. The first-order chi connectivity index (χ1) is 12.7. The lowest BCUT2D eigenvalue weighted by Gasteiger charge is -2.40. The first-order valence-electron chi connectivity index (χ1n) is 8.80. The van der Waals surface area contributed by atoms with Crippen LogP contribution < -0.4 is 9.64 Å². The molecule has 0 aliphatic carbocycles. The Morgan fingerprint density at radius 3 is 2.69 bits per heavy atom. The lowest BCUT2D eigenvalue weighted by Crippen LogP contribution is -2.49. The maximum atomic E-state index is 6.64. The number of rotatable bonds is 2. The number of fused-ring (bicyclic) bond motifs is 4. The van der Waals surface area contributed by atoms with Crippen LogP contribution in [0.3, 0.4) is 0 Å². The first-order valence-corrected chi connectivity index (χ1v) is 9.62. The Kier molecular flexibility index (Phi) is 3.44. The van der Waals surface area contributed by atoms with Gasteiger partial charge in [-0.2, -0.15) is 0 Å². The number of nitrogens with zero attached hydrogens (tertiary/aromatic N) is 1. The Labute approximate surface area is 157 Å². The third-order valence-electron chi connectivity index (χ3n) is 4.98. The fourth-order valence-corrected chi connectivity index (χ4v) is 5.06. The lowest BCUT2D eigenvalue weighted by molar-refractivity contribution is 0.102. The Bertz CT molecular complexity index is 1050. The highest BCUT2D eigenvalue weighted by Gasteiger charge is 2.52. The monoisotopic (exact) mass is 361 g/mol. The van der Waals surface area contributed by atoms with Gasteiger partial charge in [0.25, 0.3) is 5.06 Å². The molecule has 1 spiro atoms. The summed E-state index contributed by atoms with van der Waals surface area (Å²) in [4.78, 5) is 3.37. The largest absolute Gasteiger partial charge is 0.491 e. The van der Waals surface area contributed by atoms with Gasteiger partial charge in [0.05, 0.1) is 12.3 Å². The van der Waals surface area contributed by atoms with Crippen molar-refractivity contribution in [2.45, 2.75) is 16.9 Å². The van der Waals surface area contributed by atoms with Crippen LogP contribution in [0.25, 0.3) is 16.8 Å². The minimum absolute atomic E-state index is 0.599. The van der Waals surface area contributed by atoms with Crippen molar-refractivity contribution in [3.63, 3.8) is 0 Å². The molecule has 2 heterocycles. The number of benzene rings is 3. The number of anilines is 1. The zero-order chi connectivity index (χ0) is 17.7. The van der Waals surface area contributed by atoms with E-state index in [1.165, 1.54) is 15.7 Å². The molecule has 0 aromatic heterocycles. The zero-order valence-corrected chi connectivity index (χ0v) is 15.5. The molecule has 3 aromatic carbocycles. The standard InChI is InChI=1S/C22H19NO2S/c1-3-24-21-14-17-16-9-5-4-8-15(16)12-13-19(17)25-22(21)23(2)18-10-6-7-11-20(18)26-22/h4-14H,3H2,1-2H3. The molecule has 1 unspecified atom stereocenters. The van der Waals surface area contributed by atoms with Gasteiger partial charge in [-0.3, -0.25) is 0 Å². The average Bonchev–Trinajstić information content (AvgIpc) is 2.95. The molecule has 2 aliphatic heterocycles. The van der Waals surface area contributed by atoms with Crippen LogP contribution in [0, 0.1) is 0 Å². The van der Waals surface area contributed by atoms with Crippen molar-refractivity contribution in [3.8, 4) is 5.75 Å². The number of para-hydroxylation sites is 1. The third-order valence-corrected chi connectivity index (χ3v) is 6.38. The second-order valence-corrected chi connectivity index (χ2v) is 7.65. The second-order valence-electron chi connectivity index (χ2n) is 6.45. The Morgan fingerprint density at radius 1 is 1.04 bits per heavy atom. The highest BCUT2D eigenvalue weighted by Crippen LogP contribution is 2.56. The van der Waals surface area contributed by atoms with Crippen molar-refractivity contribution in [3.05, 3.63) is 72.0 Å². The van der Waals surface area contributed by atoms with Gasteiger partial charge in [0.15, 0.2) is 5.76 Å². The maximum Gasteiger partial charge on any atom is 0.294 e. The summed E-state index contributed by atoms with van der Waals surface area (Å²) in [5.41, 5.74) is 2.24. The molecule has 0 N–H and O–H groups in total. The average molecular weight is 361 g/mol. The highest BCUT2D eigenvalue weighted by molar-refractivity contribution is 8.01. The molecule has 0 radical (unpaired) electrons. The number of likely N-dealkylation sites (N-methyl/N-ethyl adjacent to an activating group) is 1. The van der Waals surface area contributed by atoms with E-state index in [0.717, 1.165) is 22.8 Å². The van der Waals surface area contributed by atoms with Gasteiger partial charge in [0.2, 0.25) is 0 Å². The van der Waals surface area contributed by atoms with Crippen molar-refractivity contribution in [2.24, 2.45) is 0 Å². The quantitative estimate of drug-likeness (QED) is 0.600. The molecule has 0 fully saturated rings. The zero-order valence-electron chi connectivity index (χ0n) is 14.7. The van der Waals surface area contributed by atoms with Crippen LogP contribution in [0.2, 0.25) is 0 Å². The van der Waals surface area contributed by atoms with Gasteiger partial charge in [0.1, 0.15) is 5.75 Å². The van der Waals surface area contributed by atoms with Crippen LogP contribution in [-0.4, -0.2) is 18.7 Å². The van der Waals surface area contributed by atoms with Gasteiger partial charge in [0, 0.05) is 17.5 Å². The van der Waals surface area contributed by atoms with E-state index in [1.807, 2.05) is 6.92 Å². The molecule has 0 bridgehead atoms. The molecular weight excluding hydrogens is 342 g/mol. The van der Waals surface area contributed by atoms with Crippen LogP contribution in [0.5, 0.6) is 5.75 Å². The van der Waals surface area contributed by atoms with E-state index >= 15 is 0 Å². The SMILES string of the molecule is CCOC1=Cc2c(ccc3ccccc23)OC12Sc1ccccc1N2C. The van der Waals surface area contributed by atoms with E-state index in [0.29, 0.717) is 6.61 Å². The van der Waals surface area contributed by atoms with Crippen LogP contribution in [0.15, 0.2) is 71.3 Å². The summed E-state index contributed by atoms with van der Waals surface area (Å²) in [6, 6.07) is 20.9. The van der Waals surface area contributed by atoms with Crippen molar-refractivity contribution in [1.82, 2.24) is 0 Å². The smallest absolute Gasteiger partial charge is 0.294 e. The lowest BCUT2D eigenvalue weighted by atomic mass is 10.0. The van der Waals surface area contributed by atoms with E-state index in [4.69, 9.17) is 9.47 Å². The van der Waals surface area contributed by atoms with Crippen LogP contribution >= 0.6 is 11.8 Å². The Balaban J connectivity index is 1.71. The van der Waals surface area contributed by atoms with Crippen LogP contribution in [0.4, 0.5) is 5.69 Å². The molecular formula is C22H19NO2S. The fourth-order valence-electron chi connectivity index (χ4n) is 3.73. The van der Waals surface area contributed by atoms with E-state index in [2.05, 4.69) is 78.7 Å². The number of hydrogen-bond donors (Lipinski definition) is 0. The first kappa shape index (κ1) is 15.6. The maximum absolute atomic E-state index is 6.64. The summed E-state index contributed by atoms with van der Waals surface area (Å²) < 4.78 is 12.7. The highest BCUT2D eigenvalue weighted by atomic mass is 32.2. The molecule has 3 nitrogen and oxygen atoms in total.